The molecule has 4 rings (SSSR count). The first-order valence-electron chi connectivity index (χ1n) is 10.6. The monoisotopic (exact) mass is 454 g/mol. The van der Waals surface area contributed by atoms with E-state index in [1.54, 1.807) is 6.07 Å². The van der Waals surface area contributed by atoms with E-state index in [9.17, 15) is 14.0 Å². The molecule has 8 heteroatoms. The maximum atomic E-state index is 14.6. The van der Waals surface area contributed by atoms with E-state index in [4.69, 9.17) is 11.6 Å². The quantitative estimate of drug-likeness (QED) is 0.738. The molecule has 1 aromatic carbocycles. The third kappa shape index (κ3) is 4.36. The number of benzene rings is 1. The summed E-state index contributed by atoms with van der Waals surface area (Å²) in [5.74, 6) is -1.38. The Bertz CT molecular complexity index is 1130. The molecule has 32 heavy (non-hydrogen) atoms. The van der Waals surface area contributed by atoms with Crippen molar-refractivity contribution in [3.05, 3.63) is 63.5 Å². The SMILES string of the molecule is CCC1=CC2N=CC(CN3CC=C(c4ccc(C(=O)NC)c(F)c4Cl)CC3)=CC2=NC1=O. The lowest BCUT2D eigenvalue weighted by Crippen LogP contribution is -2.33. The topological polar surface area (TPSA) is 74.1 Å². The van der Waals surface area contributed by atoms with Gasteiger partial charge in [0, 0.05) is 38.5 Å². The summed E-state index contributed by atoms with van der Waals surface area (Å²) in [5.41, 5.74) is 3.91. The van der Waals surface area contributed by atoms with Gasteiger partial charge in [-0.1, -0.05) is 30.7 Å². The van der Waals surface area contributed by atoms with Crippen LogP contribution in [0.5, 0.6) is 0 Å². The molecule has 0 spiro atoms. The molecular weight excluding hydrogens is 431 g/mol. The van der Waals surface area contributed by atoms with Crippen LogP contribution in [0.15, 0.2) is 51.5 Å². The largest absolute Gasteiger partial charge is 0.355 e. The number of carbonyl (C=O) groups is 2. The molecule has 1 unspecified atom stereocenters. The van der Waals surface area contributed by atoms with Crippen molar-refractivity contribution in [2.45, 2.75) is 25.8 Å². The second-order valence-electron chi connectivity index (χ2n) is 7.91. The number of hydrogen-bond donors (Lipinski definition) is 1. The van der Waals surface area contributed by atoms with E-state index in [2.05, 4.69) is 20.2 Å². The molecule has 0 fully saturated rings. The second-order valence-corrected chi connectivity index (χ2v) is 8.29. The lowest BCUT2D eigenvalue weighted by atomic mass is 9.96. The van der Waals surface area contributed by atoms with E-state index < -0.39 is 11.7 Å². The lowest BCUT2D eigenvalue weighted by Gasteiger charge is -2.28. The number of aliphatic imine (C=N–C) groups is 2. The smallest absolute Gasteiger partial charge is 0.272 e. The fourth-order valence-corrected chi connectivity index (χ4v) is 4.35. The first-order valence-corrected chi connectivity index (χ1v) is 11.0. The number of rotatable bonds is 5. The molecule has 0 aromatic heterocycles. The first kappa shape index (κ1) is 22.3. The average Bonchev–Trinajstić information content (AvgIpc) is 2.80. The minimum Gasteiger partial charge on any atom is -0.355 e. The average molecular weight is 455 g/mol. The zero-order valence-corrected chi connectivity index (χ0v) is 18.7. The molecule has 0 saturated heterocycles. The Kier molecular flexibility index (Phi) is 6.48. The van der Waals surface area contributed by atoms with Gasteiger partial charge in [0.25, 0.3) is 11.8 Å². The molecule has 2 amide bonds. The highest BCUT2D eigenvalue weighted by Gasteiger charge is 2.25. The highest BCUT2D eigenvalue weighted by Crippen LogP contribution is 2.32. The van der Waals surface area contributed by atoms with Crippen molar-refractivity contribution >= 4 is 40.9 Å². The number of nitrogens with one attached hydrogen (secondary N) is 1. The molecule has 0 bridgehead atoms. The Morgan fingerprint density at radius 2 is 2.19 bits per heavy atom. The van der Waals surface area contributed by atoms with Gasteiger partial charge >= 0.3 is 0 Å². The fourth-order valence-electron chi connectivity index (χ4n) is 4.06. The van der Waals surface area contributed by atoms with Gasteiger partial charge in [0.05, 0.1) is 16.3 Å². The highest BCUT2D eigenvalue weighted by molar-refractivity contribution is 6.33. The summed E-state index contributed by atoms with van der Waals surface area (Å²) in [7, 11) is 1.45. The second kappa shape index (κ2) is 9.30. The molecule has 6 nitrogen and oxygen atoms in total. The van der Waals surface area contributed by atoms with Crippen LogP contribution in [-0.2, 0) is 4.79 Å². The zero-order chi connectivity index (χ0) is 22.8. The van der Waals surface area contributed by atoms with Crippen molar-refractivity contribution in [3.63, 3.8) is 0 Å². The van der Waals surface area contributed by atoms with Crippen LogP contribution in [0.1, 0.15) is 35.7 Å². The summed E-state index contributed by atoms with van der Waals surface area (Å²) in [6.07, 6.45) is 9.08. The molecule has 1 N–H and O–H groups in total. The zero-order valence-electron chi connectivity index (χ0n) is 18.0. The Morgan fingerprint density at radius 1 is 1.38 bits per heavy atom. The molecule has 0 radical (unpaired) electrons. The number of halogens is 2. The van der Waals surface area contributed by atoms with Gasteiger partial charge in [-0.25, -0.2) is 9.38 Å². The molecule has 1 atom stereocenters. The van der Waals surface area contributed by atoms with Crippen molar-refractivity contribution in [2.24, 2.45) is 9.98 Å². The molecule has 3 aliphatic rings. The van der Waals surface area contributed by atoms with E-state index in [0.29, 0.717) is 42.8 Å². The molecule has 3 aliphatic heterocycles. The van der Waals surface area contributed by atoms with Gasteiger partial charge in [0.15, 0.2) is 5.82 Å². The lowest BCUT2D eigenvalue weighted by molar-refractivity contribution is -0.114. The molecule has 166 valence electrons. The van der Waals surface area contributed by atoms with Crippen LogP contribution in [0.25, 0.3) is 5.57 Å². The molecule has 0 aliphatic carbocycles. The maximum Gasteiger partial charge on any atom is 0.272 e. The predicted molar refractivity (Wildman–Crippen MR) is 125 cm³/mol. The number of amides is 2. The Labute approximate surface area is 191 Å². The van der Waals surface area contributed by atoms with E-state index in [-0.39, 0.29) is 22.5 Å². The van der Waals surface area contributed by atoms with Crippen molar-refractivity contribution in [1.82, 2.24) is 10.2 Å². The third-order valence-electron chi connectivity index (χ3n) is 5.88. The first-order chi connectivity index (χ1) is 15.4. The fraction of sp³-hybridized carbons (Fsp3) is 0.333. The number of fused-ring (bicyclic) bond motifs is 1. The summed E-state index contributed by atoms with van der Waals surface area (Å²) in [4.78, 5) is 34.8. The van der Waals surface area contributed by atoms with Crippen LogP contribution in [0.4, 0.5) is 4.39 Å². The van der Waals surface area contributed by atoms with Gasteiger partial charge in [-0.3, -0.25) is 19.5 Å². The number of hydrogen-bond acceptors (Lipinski definition) is 4. The minimum absolute atomic E-state index is 0.0292. The van der Waals surface area contributed by atoms with Crippen LogP contribution in [0, 0.1) is 5.82 Å². The predicted octanol–water partition coefficient (Wildman–Crippen LogP) is 3.62. The van der Waals surface area contributed by atoms with E-state index in [1.165, 1.54) is 13.1 Å². The summed E-state index contributed by atoms with van der Waals surface area (Å²) < 4.78 is 14.6. The van der Waals surface area contributed by atoms with Gasteiger partial charge in [-0.05, 0) is 47.8 Å². The van der Waals surface area contributed by atoms with Gasteiger partial charge in [0.2, 0.25) is 0 Å². The number of carbonyl (C=O) groups excluding carboxylic acids is 2. The highest BCUT2D eigenvalue weighted by atomic mass is 35.5. The van der Waals surface area contributed by atoms with Crippen molar-refractivity contribution in [2.75, 3.05) is 26.7 Å². The Morgan fingerprint density at radius 3 is 2.88 bits per heavy atom. The van der Waals surface area contributed by atoms with Crippen LogP contribution in [0.2, 0.25) is 5.02 Å². The summed E-state index contributed by atoms with van der Waals surface area (Å²) in [5, 5.41) is 2.38. The van der Waals surface area contributed by atoms with Gasteiger partial charge in [0.1, 0.15) is 6.04 Å². The molecule has 3 heterocycles. The maximum absolute atomic E-state index is 14.6. The van der Waals surface area contributed by atoms with Crippen LogP contribution < -0.4 is 5.32 Å². The van der Waals surface area contributed by atoms with Crippen LogP contribution >= 0.6 is 11.6 Å². The Balaban J connectivity index is 1.44. The summed E-state index contributed by atoms with van der Waals surface area (Å²) in [6, 6.07) is 2.99. The van der Waals surface area contributed by atoms with Crippen LogP contribution in [-0.4, -0.2) is 61.4 Å². The van der Waals surface area contributed by atoms with Crippen molar-refractivity contribution in [3.8, 4) is 0 Å². The summed E-state index contributed by atoms with van der Waals surface area (Å²) in [6.45, 7) is 4.05. The van der Waals surface area contributed by atoms with E-state index in [1.807, 2.05) is 31.4 Å². The van der Waals surface area contributed by atoms with Gasteiger partial charge in [-0.15, -0.1) is 0 Å². The third-order valence-corrected chi connectivity index (χ3v) is 6.25. The van der Waals surface area contributed by atoms with Crippen LogP contribution in [0.3, 0.4) is 0 Å². The standard InChI is InChI=1S/C24H24ClFN4O2/c1-3-15-11-19-20(29-23(15)31)10-14(12-28-19)13-30-8-6-16(7-9-30)17-4-5-18(24(32)27-2)22(26)21(17)25/h4-6,10-12,19H,3,7-9,13H2,1-2H3,(H,27,32). The Hall–Kier alpha value is -2.90. The number of dihydropyridines is 2. The molecule has 1 aromatic rings. The molecule has 0 saturated carbocycles. The van der Waals surface area contributed by atoms with Crippen molar-refractivity contribution in [1.29, 1.82) is 0 Å². The normalized spacial score (nSPS) is 20.8. The number of nitrogens with zero attached hydrogens (tertiary/aromatic N) is 3. The summed E-state index contributed by atoms with van der Waals surface area (Å²) >= 11 is 6.24. The van der Waals surface area contributed by atoms with E-state index in [0.717, 1.165) is 17.7 Å². The van der Waals surface area contributed by atoms with E-state index >= 15 is 0 Å². The van der Waals surface area contributed by atoms with Gasteiger partial charge < -0.3 is 5.32 Å². The van der Waals surface area contributed by atoms with Gasteiger partial charge in [-0.2, -0.15) is 0 Å². The molecular formula is C24H24ClFN4O2. The minimum atomic E-state index is -0.701. The van der Waals surface area contributed by atoms with Crippen molar-refractivity contribution < 1.29 is 14.0 Å².